The number of amides is 2. The summed E-state index contributed by atoms with van der Waals surface area (Å²) in [7, 11) is 3.63. The van der Waals surface area contributed by atoms with Gasteiger partial charge < -0.3 is 14.7 Å². The Labute approximate surface area is 163 Å². The van der Waals surface area contributed by atoms with Crippen LogP contribution in [0, 0.1) is 5.41 Å². The van der Waals surface area contributed by atoms with Crippen molar-refractivity contribution in [3.05, 3.63) is 35.9 Å². The zero-order valence-corrected chi connectivity index (χ0v) is 16.8. The number of likely N-dealkylation sites (tertiary alicyclic amines) is 2. The quantitative estimate of drug-likeness (QED) is 0.771. The molecule has 27 heavy (non-hydrogen) atoms. The monoisotopic (exact) mass is 371 g/mol. The van der Waals surface area contributed by atoms with Crippen LogP contribution in [0.4, 0.5) is 0 Å². The van der Waals surface area contributed by atoms with Gasteiger partial charge in [0.15, 0.2) is 0 Å². The van der Waals surface area contributed by atoms with Crippen molar-refractivity contribution in [3.8, 4) is 0 Å². The van der Waals surface area contributed by atoms with Crippen molar-refractivity contribution in [1.82, 2.24) is 14.7 Å². The van der Waals surface area contributed by atoms with E-state index in [0.717, 1.165) is 52.0 Å². The number of hydrogen-bond acceptors (Lipinski definition) is 3. The molecule has 0 N–H and O–H groups in total. The molecule has 0 bridgehead atoms. The van der Waals surface area contributed by atoms with Gasteiger partial charge in [0.1, 0.15) is 0 Å². The van der Waals surface area contributed by atoms with Gasteiger partial charge >= 0.3 is 0 Å². The highest BCUT2D eigenvalue weighted by Crippen LogP contribution is 2.38. The normalized spacial score (nSPS) is 23.6. The maximum absolute atomic E-state index is 12.5. The second kappa shape index (κ2) is 8.87. The molecule has 2 amide bonds. The number of rotatable bonds is 6. The third-order valence-electron chi connectivity index (χ3n) is 6.14. The molecule has 1 spiro atoms. The molecule has 5 heteroatoms. The van der Waals surface area contributed by atoms with Gasteiger partial charge in [-0.25, -0.2) is 0 Å². The summed E-state index contributed by atoms with van der Waals surface area (Å²) in [6.45, 7) is 4.60. The summed E-state index contributed by atoms with van der Waals surface area (Å²) in [4.78, 5) is 30.6. The first-order valence-corrected chi connectivity index (χ1v) is 10.2. The predicted molar refractivity (Wildman–Crippen MR) is 107 cm³/mol. The molecule has 2 aliphatic rings. The van der Waals surface area contributed by atoms with E-state index >= 15 is 0 Å². The molecule has 0 unspecified atom stereocenters. The Balaban J connectivity index is 1.56. The lowest BCUT2D eigenvalue weighted by atomic mass is 9.73. The summed E-state index contributed by atoms with van der Waals surface area (Å²) in [6, 6.07) is 10.4. The molecule has 5 nitrogen and oxygen atoms in total. The molecule has 0 radical (unpaired) electrons. The molecule has 1 aromatic rings. The van der Waals surface area contributed by atoms with Crippen LogP contribution >= 0.6 is 0 Å². The Morgan fingerprint density at radius 1 is 1.11 bits per heavy atom. The fourth-order valence-electron chi connectivity index (χ4n) is 4.53. The van der Waals surface area contributed by atoms with Crippen molar-refractivity contribution >= 4 is 11.8 Å². The third-order valence-corrected chi connectivity index (χ3v) is 6.14. The van der Waals surface area contributed by atoms with E-state index in [-0.39, 0.29) is 11.3 Å². The van der Waals surface area contributed by atoms with Gasteiger partial charge in [-0.15, -0.1) is 0 Å². The van der Waals surface area contributed by atoms with Crippen LogP contribution in [0.25, 0.3) is 0 Å². The maximum Gasteiger partial charge on any atom is 0.223 e. The zero-order valence-electron chi connectivity index (χ0n) is 16.8. The van der Waals surface area contributed by atoms with Gasteiger partial charge in [-0.2, -0.15) is 0 Å². The van der Waals surface area contributed by atoms with Gasteiger partial charge in [-0.1, -0.05) is 30.3 Å². The molecule has 1 atom stereocenters. The number of hydrogen-bond donors (Lipinski definition) is 0. The number of nitrogens with zero attached hydrogens (tertiary/aromatic N) is 3. The molecule has 2 aliphatic heterocycles. The standard InChI is InChI=1S/C22H33N3O2/c1-23(2)20(26)11-15-24-14-6-12-22(17-24)13-9-21(27)25(18-22)16-10-19-7-4-3-5-8-19/h3-5,7-8H,6,9-18H2,1-2H3/t22-/m0/s1. The highest BCUT2D eigenvalue weighted by atomic mass is 16.2. The summed E-state index contributed by atoms with van der Waals surface area (Å²) in [5, 5.41) is 0. The van der Waals surface area contributed by atoms with Crippen LogP contribution < -0.4 is 0 Å². The van der Waals surface area contributed by atoms with Crippen molar-refractivity contribution in [2.24, 2.45) is 5.41 Å². The van der Waals surface area contributed by atoms with Crippen molar-refractivity contribution in [2.75, 3.05) is 46.8 Å². The van der Waals surface area contributed by atoms with Crippen LogP contribution in [-0.2, 0) is 16.0 Å². The van der Waals surface area contributed by atoms with E-state index in [2.05, 4.69) is 34.1 Å². The topological polar surface area (TPSA) is 43.9 Å². The van der Waals surface area contributed by atoms with Crippen LogP contribution in [0.5, 0.6) is 0 Å². The van der Waals surface area contributed by atoms with Crippen LogP contribution in [0.1, 0.15) is 37.7 Å². The van der Waals surface area contributed by atoms with Crippen molar-refractivity contribution in [2.45, 2.75) is 38.5 Å². The molecular weight excluding hydrogens is 338 g/mol. The summed E-state index contributed by atoms with van der Waals surface area (Å²) < 4.78 is 0. The Bertz CT molecular complexity index is 646. The van der Waals surface area contributed by atoms with Crippen LogP contribution in [0.15, 0.2) is 30.3 Å². The van der Waals surface area contributed by atoms with E-state index in [1.807, 2.05) is 20.2 Å². The Kier molecular flexibility index (Phi) is 6.53. The minimum atomic E-state index is 0.193. The van der Waals surface area contributed by atoms with Gasteiger partial charge in [0.05, 0.1) is 0 Å². The first kappa shape index (κ1) is 19.9. The maximum atomic E-state index is 12.5. The molecule has 148 valence electrons. The van der Waals surface area contributed by atoms with E-state index in [4.69, 9.17) is 0 Å². The second-order valence-corrected chi connectivity index (χ2v) is 8.47. The largest absolute Gasteiger partial charge is 0.349 e. The molecule has 2 fully saturated rings. The van der Waals surface area contributed by atoms with Gasteiger partial charge in [0.2, 0.25) is 11.8 Å². The minimum absolute atomic E-state index is 0.193. The highest BCUT2D eigenvalue weighted by Gasteiger charge is 2.41. The van der Waals surface area contributed by atoms with E-state index in [0.29, 0.717) is 18.7 Å². The van der Waals surface area contributed by atoms with E-state index in [1.54, 1.807) is 4.90 Å². The highest BCUT2D eigenvalue weighted by molar-refractivity contribution is 5.77. The average Bonchev–Trinajstić information content (AvgIpc) is 2.68. The zero-order chi connectivity index (χ0) is 19.3. The summed E-state index contributed by atoms with van der Waals surface area (Å²) in [6.07, 6.45) is 5.52. The summed E-state index contributed by atoms with van der Waals surface area (Å²) >= 11 is 0. The van der Waals surface area contributed by atoms with Crippen molar-refractivity contribution < 1.29 is 9.59 Å². The summed E-state index contributed by atoms with van der Waals surface area (Å²) in [5.41, 5.74) is 1.50. The number of benzene rings is 1. The lowest BCUT2D eigenvalue weighted by molar-refractivity contribution is -0.139. The van der Waals surface area contributed by atoms with E-state index in [9.17, 15) is 9.59 Å². The molecule has 3 rings (SSSR count). The fourth-order valence-corrected chi connectivity index (χ4v) is 4.53. The number of carbonyl (C=O) groups excluding carboxylic acids is 2. The van der Waals surface area contributed by atoms with Crippen LogP contribution in [0.3, 0.4) is 0 Å². The number of carbonyl (C=O) groups is 2. The Morgan fingerprint density at radius 2 is 1.89 bits per heavy atom. The van der Waals surface area contributed by atoms with Gasteiger partial charge in [-0.3, -0.25) is 9.59 Å². The lowest BCUT2D eigenvalue weighted by Crippen LogP contribution is -2.54. The molecule has 0 aliphatic carbocycles. The third kappa shape index (κ3) is 5.32. The minimum Gasteiger partial charge on any atom is -0.349 e. The SMILES string of the molecule is CN(C)C(=O)CCN1CCC[C@]2(CCC(=O)N(CCc3ccccc3)C2)C1. The first-order valence-electron chi connectivity index (χ1n) is 10.2. The number of piperidine rings is 2. The summed E-state index contributed by atoms with van der Waals surface area (Å²) in [5.74, 6) is 0.495. The first-order chi connectivity index (χ1) is 13.0. The Morgan fingerprint density at radius 3 is 2.63 bits per heavy atom. The molecule has 0 saturated carbocycles. The van der Waals surface area contributed by atoms with E-state index < -0.39 is 0 Å². The molecule has 2 saturated heterocycles. The van der Waals surface area contributed by atoms with Crippen molar-refractivity contribution in [3.63, 3.8) is 0 Å². The van der Waals surface area contributed by atoms with Crippen LogP contribution in [-0.4, -0.2) is 73.3 Å². The smallest absolute Gasteiger partial charge is 0.223 e. The second-order valence-electron chi connectivity index (χ2n) is 8.47. The molecule has 2 heterocycles. The lowest BCUT2D eigenvalue weighted by Gasteiger charge is -2.48. The Hall–Kier alpha value is -1.88. The van der Waals surface area contributed by atoms with E-state index in [1.165, 1.54) is 12.0 Å². The van der Waals surface area contributed by atoms with Crippen molar-refractivity contribution in [1.29, 1.82) is 0 Å². The fraction of sp³-hybridized carbons (Fsp3) is 0.636. The van der Waals surface area contributed by atoms with Gasteiger partial charge in [-0.05, 0) is 37.8 Å². The van der Waals surface area contributed by atoms with Gasteiger partial charge in [0.25, 0.3) is 0 Å². The molecule has 0 aromatic heterocycles. The van der Waals surface area contributed by atoms with Crippen LogP contribution in [0.2, 0.25) is 0 Å². The molecule has 1 aromatic carbocycles. The predicted octanol–water partition coefficient (Wildman–Crippen LogP) is 2.41. The molecular formula is C22H33N3O2. The average molecular weight is 372 g/mol. The van der Waals surface area contributed by atoms with Gasteiger partial charge in [0, 0.05) is 58.5 Å².